The predicted octanol–water partition coefficient (Wildman–Crippen LogP) is 1.50. The Balaban J connectivity index is 1.73. The molecule has 194 valence electrons. The van der Waals surface area contributed by atoms with E-state index in [1.807, 2.05) is 0 Å². The fourth-order valence-corrected chi connectivity index (χ4v) is 6.24. The van der Waals surface area contributed by atoms with Gasteiger partial charge >= 0.3 is 0 Å². The van der Waals surface area contributed by atoms with Gasteiger partial charge in [0.25, 0.3) is 5.91 Å². The first-order valence-corrected chi connectivity index (χ1v) is 11.9. The number of carbonyl (C=O) groups excluding carboxylic acids is 3. The van der Waals surface area contributed by atoms with Crippen LogP contribution in [-0.2, 0) is 20.8 Å². The summed E-state index contributed by atoms with van der Waals surface area (Å²) in [6, 6.07) is 10.7. The van der Waals surface area contributed by atoms with Crippen molar-refractivity contribution in [3.63, 3.8) is 0 Å². The summed E-state index contributed by atoms with van der Waals surface area (Å²) in [5.41, 5.74) is 4.04. The van der Waals surface area contributed by atoms with E-state index in [2.05, 4.69) is 6.07 Å². The Morgan fingerprint density at radius 3 is 2.34 bits per heavy atom. The minimum Gasteiger partial charge on any atom is -0.508 e. The number of phenolic OH excluding ortho intramolecular Hbond substituents is 1. The van der Waals surface area contributed by atoms with Gasteiger partial charge in [-0.1, -0.05) is 18.2 Å². The minimum absolute atomic E-state index is 0.00816. The molecule has 3 aliphatic rings. The van der Waals surface area contributed by atoms with Gasteiger partial charge in [0.15, 0.2) is 11.4 Å². The van der Waals surface area contributed by atoms with Crippen molar-refractivity contribution in [2.45, 2.75) is 24.5 Å². The first-order chi connectivity index (χ1) is 17.9. The lowest BCUT2D eigenvalue weighted by Crippen LogP contribution is -2.65. The Hall–Kier alpha value is -4.46. The minimum atomic E-state index is -2.68. The molecule has 0 unspecified atom stereocenters. The van der Waals surface area contributed by atoms with Gasteiger partial charge in [-0.3, -0.25) is 19.3 Å². The van der Waals surface area contributed by atoms with Gasteiger partial charge in [0.1, 0.15) is 22.8 Å². The smallest absolute Gasteiger partial charge is 0.255 e. The van der Waals surface area contributed by atoms with E-state index >= 15 is 0 Å². The number of likely N-dealkylation sites (N-methyl/N-ethyl adjacent to an activating group) is 1. The number of hydrogen-bond acceptors (Lipinski definition) is 9. The maximum Gasteiger partial charge on any atom is 0.255 e. The van der Waals surface area contributed by atoms with Crippen molar-refractivity contribution in [3.05, 3.63) is 70.0 Å². The van der Waals surface area contributed by atoms with Crippen molar-refractivity contribution in [1.82, 2.24) is 4.90 Å². The van der Waals surface area contributed by atoms with Gasteiger partial charge in [-0.15, -0.1) is 0 Å². The second kappa shape index (κ2) is 8.55. The molecule has 10 nitrogen and oxygen atoms in total. The molecule has 0 heterocycles. The largest absolute Gasteiger partial charge is 0.508 e. The number of aliphatic hydroxyl groups excluding tert-OH is 2. The zero-order valence-electron chi connectivity index (χ0n) is 20.6. The highest BCUT2D eigenvalue weighted by molar-refractivity contribution is 6.24. The number of nitriles is 1. The summed E-state index contributed by atoms with van der Waals surface area (Å²) in [5.74, 6) is -6.90. The molecule has 1 amide bonds. The number of nitrogens with two attached hydrogens (primary N) is 1. The zero-order chi connectivity index (χ0) is 27.7. The molecule has 0 saturated heterocycles. The molecule has 0 aliphatic heterocycles. The second-order valence-electron chi connectivity index (χ2n) is 10.1. The van der Waals surface area contributed by atoms with Crippen LogP contribution in [0.15, 0.2) is 53.3 Å². The lowest BCUT2D eigenvalue weighted by Gasteiger charge is -2.50. The highest BCUT2D eigenvalue weighted by Gasteiger charge is 2.64. The molecule has 4 atom stereocenters. The van der Waals surface area contributed by atoms with Crippen molar-refractivity contribution in [2.24, 2.45) is 17.6 Å². The number of hydrogen-bond donors (Lipinski definition) is 5. The molecular formula is C28H25N3O7. The van der Waals surface area contributed by atoms with E-state index in [0.717, 1.165) is 5.56 Å². The van der Waals surface area contributed by atoms with E-state index in [0.29, 0.717) is 16.7 Å². The van der Waals surface area contributed by atoms with Crippen molar-refractivity contribution < 1.29 is 34.8 Å². The molecule has 1 saturated carbocycles. The van der Waals surface area contributed by atoms with E-state index in [4.69, 9.17) is 11.0 Å². The van der Waals surface area contributed by atoms with E-state index in [-0.39, 0.29) is 29.7 Å². The first-order valence-electron chi connectivity index (χ1n) is 11.9. The molecule has 1 fully saturated rings. The number of nitrogens with zero attached hydrogens (tertiary/aromatic N) is 2. The number of aliphatic hydroxyl groups is 3. The third-order valence-electron chi connectivity index (χ3n) is 7.93. The molecule has 2 aromatic carbocycles. The molecule has 2 aromatic rings. The van der Waals surface area contributed by atoms with Crippen LogP contribution in [0, 0.1) is 23.2 Å². The maximum absolute atomic E-state index is 13.9. The van der Waals surface area contributed by atoms with Crippen LogP contribution in [0.25, 0.3) is 16.9 Å². The van der Waals surface area contributed by atoms with E-state index in [1.54, 1.807) is 44.4 Å². The van der Waals surface area contributed by atoms with Crippen molar-refractivity contribution in [2.75, 3.05) is 14.1 Å². The number of ketones is 2. The van der Waals surface area contributed by atoms with Gasteiger partial charge in [-0.2, -0.15) is 5.26 Å². The number of carbonyl (C=O) groups is 3. The summed E-state index contributed by atoms with van der Waals surface area (Å²) < 4.78 is 0. The first kappa shape index (κ1) is 25.2. The Kier molecular flexibility index (Phi) is 5.67. The molecule has 3 aliphatic carbocycles. The Bertz CT molecular complexity index is 1530. The van der Waals surface area contributed by atoms with Crippen LogP contribution in [0.4, 0.5) is 0 Å². The molecular weight excluding hydrogens is 490 g/mol. The number of primary amides is 1. The quantitative estimate of drug-likeness (QED) is 0.378. The monoisotopic (exact) mass is 515 g/mol. The summed E-state index contributed by atoms with van der Waals surface area (Å²) in [6.45, 7) is 0. The zero-order valence-corrected chi connectivity index (χ0v) is 20.6. The highest BCUT2D eigenvalue weighted by Crippen LogP contribution is 2.53. The maximum atomic E-state index is 13.9. The summed E-state index contributed by atoms with van der Waals surface area (Å²) in [4.78, 5) is 40.6. The molecule has 38 heavy (non-hydrogen) atoms. The van der Waals surface area contributed by atoms with Gasteiger partial charge in [-0.05, 0) is 67.7 Å². The van der Waals surface area contributed by atoms with Crippen LogP contribution in [0.1, 0.15) is 23.1 Å². The van der Waals surface area contributed by atoms with Crippen molar-refractivity contribution in [1.29, 1.82) is 5.26 Å². The Morgan fingerprint density at radius 1 is 1.11 bits per heavy atom. The van der Waals surface area contributed by atoms with Crippen molar-refractivity contribution in [3.8, 4) is 22.9 Å². The van der Waals surface area contributed by atoms with Crippen LogP contribution in [0.3, 0.4) is 0 Å². The summed E-state index contributed by atoms with van der Waals surface area (Å²) in [7, 11) is 3.10. The molecule has 0 bridgehead atoms. The van der Waals surface area contributed by atoms with E-state index in [1.165, 1.54) is 11.0 Å². The number of Topliss-reactive ketones (excluding diaryl/α,β-unsaturated/α-hetero) is 2. The van der Waals surface area contributed by atoms with Gasteiger partial charge in [-0.25, -0.2) is 0 Å². The predicted molar refractivity (Wildman–Crippen MR) is 134 cm³/mol. The number of fused-ring (bicyclic) bond motifs is 3. The third-order valence-corrected chi connectivity index (χ3v) is 7.93. The standard InChI is InChI=1S/C28H25N3O7/c1-31(2)22-17-10-14-9-16-15(13-5-3-12(11-29)4-6-13)7-8-18(32)20(16)23(33)19(14)25(35)28(17,38)26(36)21(24(22)34)27(30)37/h3-8,14,17,22,32-33,36,38H,9-10H2,1-2H3,(H2,30,37)/t14-,17-,22-,28-/m0/s1. The van der Waals surface area contributed by atoms with Gasteiger partial charge < -0.3 is 26.2 Å². The normalized spacial score (nSPS) is 26.6. The number of benzene rings is 2. The topological polar surface area (TPSA) is 185 Å². The average molecular weight is 516 g/mol. The fraction of sp³-hybridized carbons (Fsp3) is 0.286. The Labute approximate surface area is 217 Å². The molecule has 0 aromatic heterocycles. The summed E-state index contributed by atoms with van der Waals surface area (Å²) in [5, 5.41) is 53.7. The van der Waals surface area contributed by atoms with Crippen LogP contribution in [0.5, 0.6) is 5.75 Å². The number of rotatable bonds is 3. The Morgan fingerprint density at radius 2 is 1.76 bits per heavy atom. The van der Waals surface area contributed by atoms with Crippen LogP contribution < -0.4 is 5.73 Å². The lowest BCUT2D eigenvalue weighted by molar-refractivity contribution is -0.153. The second-order valence-corrected chi connectivity index (χ2v) is 10.1. The summed E-state index contributed by atoms with van der Waals surface area (Å²) in [6.07, 6.45) is 0.187. The van der Waals surface area contributed by atoms with Crippen LogP contribution in [-0.4, -0.2) is 68.5 Å². The molecule has 10 heteroatoms. The lowest BCUT2D eigenvalue weighted by atomic mass is 9.57. The van der Waals surface area contributed by atoms with Crippen molar-refractivity contribution >= 4 is 23.2 Å². The molecule has 0 radical (unpaired) electrons. The number of amides is 1. The number of aromatic hydroxyl groups is 1. The SMILES string of the molecule is CN(C)[C@@H]1C(=O)C(C(N)=O)=C(O)[C@@]2(O)C(=O)C3=C(O)c4c(O)ccc(-c5ccc(C#N)cc5)c4C[C@H]3C[C@@H]12. The fourth-order valence-electron chi connectivity index (χ4n) is 6.24. The molecule has 0 spiro atoms. The van der Waals surface area contributed by atoms with Gasteiger partial charge in [0.2, 0.25) is 5.78 Å². The average Bonchev–Trinajstić information content (AvgIpc) is 2.86. The molecule has 6 N–H and O–H groups in total. The highest BCUT2D eigenvalue weighted by atomic mass is 16.3. The van der Waals surface area contributed by atoms with Gasteiger partial charge in [0, 0.05) is 11.5 Å². The molecule has 5 rings (SSSR count). The summed E-state index contributed by atoms with van der Waals surface area (Å²) >= 11 is 0. The van der Waals surface area contributed by atoms with E-state index < -0.39 is 58.0 Å². The number of phenols is 1. The van der Waals surface area contributed by atoms with Gasteiger partial charge in [0.05, 0.1) is 23.2 Å². The third kappa shape index (κ3) is 3.29. The van der Waals surface area contributed by atoms with Crippen LogP contribution in [0.2, 0.25) is 0 Å². The van der Waals surface area contributed by atoms with E-state index in [9.17, 15) is 34.8 Å². The van der Waals surface area contributed by atoms with Crippen LogP contribution >= 0.6 is 0 Å².